The fourth-order valence-electron chi connectivity index (χ4n) is 2.08. The van der Waals surface area contributed by atoms with Crippen LogP contribution < -0.4 is 10.6 Å². The number of anilines is 3. The van der Waals surface area contributed by atoms with Crippen LogP contribution in [-0.2, 0) is 4.79 Å². The van der Waals surface area contributed by atoms with E-state index < -0.39 is 23.2 Å². The summed E-state index contributed by atoms with van der Waals surface area (Å²) in [6.45, 7) is 1.99. The van der Waals surface area contributed by atoms with Gasteiger partial charge in [-0.2, -0.15) is 0 Å². The van der Waals surface area contributed by atoms with Crippen LogP contribution in [0, 0.1) is 18.6 Å². The first-order chi connectivity index (χ1) is 12.5. The van der Waals surface area contributed by atoms with E-state index in [1.807, 2.05) is 31.2 Å². The minimum atomic E-state index is -0.816. The van der Waals surface area contributed by atoms with E-state index in [9.17, 15) is 13.6 Å². The number of aromatic nitrogens is 2. The van der Waals surface area contributed by atoms with E-state index in [0.29, 0.717) is 9.47 Å². The van der Waals surface area contributed by atoms with E-state index in [1.165, 1.54) is 17.4 Å². The second kappa shape index (κ2) is 8.24. The van der Waals surface area contributed by atoms with Crippen molar-refractivity contribution in [1.29, 1.82) is 0 Å². The van der Waals surface area contributed by atoms with Gasteiger partial charge in [-0.15, -0.1) is 10.2 Å². The molecule has 9 heteroatoms. The Kier molecular flexibility index (Phi) is 5.79. The van der Waals surface area contributed by atoms with Crippen molar-refractivity contribution in [3.8, 4) is 0 Å². The molecule has 3 aromatic rings. The van der Waals surface area contributed by atoms with E-state index in [0.717, 1.165) is 35.1 Å². The van der Waals surface area contributed by atoms with E-state index >= 15 is 0 Å². The summed E-state index contributed by atoms with van der Waals surface area (Å²) in [5, 5.41) is 14.0. The molecule has 0 spiro atoms. The van der Waals surface area contributed by atoms with Crippen molar-refractivity contribution in [1.82, 2.24) is 10.2 Å². The maximum absolute atomic E-state index is 13.5. The van der Waals surface area contributed by atoms with Crippen LogP contribution in [-0.4, -0.2) is 21.9 Å². The minimum absolute atomic E-state index is 0.0349. The van der Waals surface area contributed by atoms with Crippen LogP contribution in [0.2, 0.25) is 0 Å². The highest BCUT2D eigenvalue weighted by atomic mass is 32.2. The zero-order chi connectivity index (χ0) is 18.5. The first-order valence-electron chi connectivity index (χ1n) is 7.55. The number of aryl methyl sites for hydroxylation is 1. The maximum Gasteiger partial charge on any atom is 0.234 e. The maximum atomic E-state index is 13.5. The van der Waals surface area contributed by atoms with Gasteiger partial charge < -0.3 is 10.6 Å². The molecule has 26 heavy (non-hydrogen) atoms. The monoisotopic (exact) mass is 392 g/mol. The Balaban J connectivity index is 1.55. The second-order valence-corrected chi connectivity index (χ2v) is 7.50. The van der Waals surface area contributed by atoms with Crippen molar-refractivity contribution in [3.05, 3.63) is 59.7 Å². The molecule has 0 aliphatic rings. The normalized spacial score (nSPS) is 10.6. The third-order valence-electron chi connectivity index (χ3n) is 3.23. The van der Waals surface area contributed by atoms with Crippen molar-refractivity contribution >= 4 is 45.5 Å². The number of nitrogens with one attached hydrogen (secondary N) is 2. The quantitative estimate of drug-likeness (QED) is 0.600. The van der Waals surface area contributed by atoms with Crippen molar-refractivity contribution in [2.45, 2.75) is 11.3 Å². The number of hydrogen-bond donors (Lipinski definition) is 2. The van der Waals surface area contributed by atoms with Gasteiger partial charge in [-0.3, -0.25) is 4.79 Å². The van der Waals surface area contributed by atoms with Gasteiger partial charge >= 0.3 is 0 Å². The Morgan fingerprint density at radius 1 is 1.15 bits per heavy atom. The molecular weight excluding hydrogens is 378 g/mol. The summed E-state index contributed by atoms with van der Waals surface area (Å²) < 4.78 is 27.6. The highest BCUT2D eigenvalue weighted by Crippen LogP contribution is 2.28. The molecule has 1 aromatic heterocycles. The van der Waals surface area contributed by atoms with Crippen LogP contribution in [0.1, 0.15) is 5.56 Å². The molecule has 0 saturated heterocycles. The summed E-state index contributed by atoms with van der Waals surface area (Å²) in [6.07, 6.45) is 0. The Bertz CT molecular complexity index is 912. The van der Waals surface area contributed by atoms with Gasteiger partial charge in [0, 0.05) is 5.69 Å². The molecule has 2 aromatic carbocycles. The second-order valence-electron chi connectivity index (χ2n) is 5.30. The largest absolute Gasteiger partial charge is 0.330 e. The number of hydrogen-bond acceptors (Lipinski definition) is 6. The van der Waals surface area contributed by atoms with Crippen LogP contribution in [0.25, 0.3) is 0 Å². The Morgan fingerprint density at radius 2 is 1.88 bits per heavy atom. The van der Waals surface area contributed by atoms with Crippen LogP contribution >= 0.6 is 23.1 Å². The number of nitrogens with zero attached hydrogens (tertiary/aromatic N) is 2. The molecule has 2 N–H and O–H groups in total. The van der Waals surface area contributed by atoms with E-state index in [1.54, 1.807) is 0 Å². The lowest BCUT2D eigenvalue weighted by Crippen LogP contribution is -2.16. The molecule has 0 atom stereocenters. The van der Waals surface area contributed by atoms with Gasteiger partial charge in [-0.25, -0.2) is 8.78 Å². The first-order valence-corrected chi connectivity index (χ1v) is 9.35. The third-order valence-corrected chi connectivity index (χ3v) is 5.20. The molecule has 0 aliphatic carbocycles. The molecule has 0 aliphatic heterocycles. The van der Waals surface area contributed by atoms with E-state index in [-0.39, 0.29) is 5.75 Å². The van der Waals surface area contributed by atoms with Gasteiger partial charge in [-0.1, -0.05) is 41.3 Å². The smallest absolute Gasteiger partial charge is 0.234 e. The van der Waals surface area contributed by atoms with Crippen molar-refractivity contribution in [2.75, 3.05) is 16.4 Å². The van der Waals surface area contributed by atoms with Crippen molar-refractivity contribution in [3.63, 3.8) is 0 Å². The zero-order valence-corrected chi connectivity index (χ0v) is 15.3. The lowest BCUT2D eigenvalue weighted by atomic mass is 10.2. The van der Waals surface area contributed by atoms with Crippen molar-refractivity contribution < 1.29 is 13.6 Å². The Labute approximate surface area is 156 Å². The topological polar surface area (TPSA) is 66.9 Å². The van der Waals surface area contributed by atoms with E-state index in [2.05, 4.69) is 20.8 Å². The van der Waals surface area contributed by atoms with Gasteiger partial charge in [0.2, 0.25) is 11.0 Å². The molecule has 1 heterocycles. The van der Waals surface area contributed by atoms with Gasteiger partial charge in [0.05, 0.1) is 5.75 Å². The number of rotatable bonds is 6. The van der Waals surface area contributed by atoms with Crippen molar-refractivity contribution in [2.24, 2.45) is 0 Å². The average molecular weight is 392 g/mol. The lowest BCUT2D eigenvalue weighted by Gasteiger charge is -2.06. The van der Waals surface area contributed by atoms with Gasteiger partial charge in [0.25, 0.3) is 0 Å². The Morgan fingerprint density at radius 3 is 2.62 bits per heavy atom. The molecule has 0 unspecified atom stereocenters. The summed E-state index contributed by atoms with van der Waals surface area (Å²) in [7, 11) is 0. The Hall–Kier alpha value is -2.52. The summed E-state index contributed by atoms with van der Waals surface area (Å²) in [5.74, 6) is -2.19. The zero-order valence-electron chi connectivity index (χ0n) is 13.6. The number of benzene rings is 2. The summed E-state index contributed by atoms with van der Waals surface area (Å²) in [5.41, 5.74) is 1.56. The summed E-state index contributed by atoms with van der Waals surface area (Å²) in [4.78, 5) is 11.9. The average Bonchev–Trinajstić information content (AvgIpc) is 3.04. The van der Waals surface area contributed by atoms with Gasteiger partial charge in [0.1, 0.15) is 17.3 Å². The molecule has 0 bridgehead atoms. The number of carbonyl (C=O) groups is 1. The first kappa shape index (κ1) is 18.3. The number of carbonyl (C=O) groups excluding carboxylic acids is 1. The highest BCUT2D eigenvalue weighted by Gasteiger charge is 2.13. The predicted molar refractivity (Wildman–Crippen MR) is 100 cm³/mol. The minimum Gasteiger partial charge on any atom is -0.330 e. The number of para-hydroxylation sites is 1. The summed E-state index contributed by atoms with van der Waals surface area (Å²) >= 11 is 2.43. The number of amides is 1. The molecule has 0 fully saturated rings. The fraction of sp³-hybridized carbons (Fsp3) is 0.118. The molecule has 134 valence electrons. The van der Waals surface area contributed by atoms with Crippen LogP contribution in [0.5, 0.6) is 0 Å². The fourth-order valence-corrected chi connectivity index (χ4v) is 3.66. The standard InChI is InChI=1S/C17H14F2N4OS2/c1-10-4-2-5-11(8-10)20-16-22-23-17(26-16)25-9-14(24)21-15-12(18)6-3-7-13(15)19/h2-8H,9H2,1H3,(H,20,22)(H,21,24). The highest BCUT2D eigenvalue weighted by molar-refractivity contribution is 8.01. The van der Waals surface area contributed by atoms with Crippen LogP contribution in [0.15, 0.2) is 46.8 Å². The SMILES string of the molecule is Cc1cccc(Nc2nnc(SCC(=O)Nc3c(F)cccc3F)s2)c1. The lowest BCUT2D eigenvalue weighted by molar-refractivity contribution is -0.113. The number of halogens is 2. The van der Waals surface area contributed by atoms with Gasteiger partial charge in [0.15, 0.2) is 4.34 Å². The summed E-state index contributed by atoms with van der Waals surface area (Å²) in [6, 6.07) is 11.2. The molecule has 0 radical (unpaired) electrons. The van der Waals surface area contributed by atoms with E-state index in [4.69, 9.17) is 0 Å². The predicted octanol–water partition coefficient (Wildman–Crippen LogP) is 4.60. The molecule has 1 amide bonds. The molecule has 5 nitrogen and oxygen atoms in total. The van der Waals surface area contributed by atoms with Crippen LogP contribution in [0.4, 0.5) is 25.3 Å². The van der Waals surface area contributed by atoms with Gasteiger partial charge in [-0.05, 0) is 36.8 Å². The molecular formula is C17H14F2N4OS2. The number of thioether (sulfide) groups is 1. The third kappa shape index (κ3) is 4.77. The molecule has 3 rings (SSSR count). The molecule has 0 saturated carbocycles. The van der Waals surface area contributed by atoms with Crippen LogP contribution in [0.3, 0.4) is 0 Å².